The van der Waals surface area contributed by atoms with E-state index in [1.807, 2.05) is 23.9 Å². The Morgan fingerprint density at radius 2 is 1.75 bits per heavy atom. The second kappa shape index (κ2) is 10.2. The number of aromatic nitrogens is 3. The monoisotopic (exact) mass is 477 g/mol. The van der Waals surface area contributed by atoms with Gasteiger partial charge in [0.25, 0.3) is 0 Å². The van der Waals surface area contributed by atoms with Gasteiger partial charge in [0.15, 0.2) is 16.7 Å². The second-order valence-electron chi connectivity index (χ2n) is 9.00. The van der Waals surface area contributed by atoms with E-state index in [2.05, 4.69) is 31.6 Å². The van der Waals surface area contributed by atoms with Crippen molar-refractivity contribution in [2.45, 2.75) is 49.7 Å². The first-order chi connectivity index (χ1) is 15.7. The van der Waals surface area contributed by atoms with Crippen LogP contribution < -0.4 is 9.47 Å². The van der Waals surface area contributed by atoms with Crippen LogP contribution in [-0.2, 0) is 13.6 Å². The van der Waals surface area contributed by atoms with Crippen LogP contribution in [-0.4, -0.2) is 69.8 Å². The Morgan fingerprint density at radius 1 is 1.00 bits per heavy atom. The smallest absolute Gasteiger partial charge is 0.231 e. The highest BCUT2D eigenvalue weighted by atomic mass is 35.5. The van der Waals surface area contributed by atoms with Gasteiger partial charge in [-0.1, -0.05) is 29.8 Å². The molecule has 2 saturated heterocycles. The third-order valence-corrected chi connectivity index (χ3v) is 8.20. The summed E-state index contributed by atoms with van der Waals surface area (Å²) in [4.78, 5) is 5.04. The van der Waals surface area contributed by atoms with E-state index in [-0.39, 0.29) is 6.79 Å². The number of thioether (sulfide) groups is 1. The number of fused-ring (bicyclic) bond motifs is 1. The fraction of sp³-hybridized carbons (Fsp3) is 0.652. The van der Waals surface area contributed by atoms with E-state index in [9.17, 15) is 0 Å². The van der Waals surface area contributed by atoms with E-state index < -0.39 is 0 Å². The quantitative estimate of drug-likeness (QED) is 0.555. The van der Waals surface area contributed by atoms with Gasteiger partial charge in [0, 0.05) is 42.9 Å². The number of ether oxygens (including phenoxy) is 2. The van der Waals surface area contributed by atoms with Gasteiger partial charge >= 0.3 is 0 Å². The van der Waals surface area contributed by atoms with Crippen LogP contribution in [0.2, 0.25) is 5.02 Å². The molecular weight excluding hydrogens is 446 g/mol. The summed E-state index contributed by atoms with van der Waals surface area (Å²) < 4.78 is 13.1. The number of nitrogens with zero attached hydrogens (tertiary/aromatic N) is 5. The first-order valence-corrected chi connectivity index (χ1v) is 13.1. The SMILES string of the molecule is Cn1c(SCCN2CCCCC2)nnc1C1CCN(Cc2cc3c(cc2Cl)OCO3)CC1. The fourth-order valence-corrected chi connectivity index (χ4v) is 6.06. The van der Waals surface area contributed by atoms with Crippen molar-refractivity contribution in [3.05, 3.63) is 28.5 Å². The predicted octanol–water partition coefficient (Wildman–Crippen LogP) is 4.15. The topological polar surface area (TPSA) is 55.7 Å². The fourth-order valence-electron chi connectivity index (χ4n) is 4.93. The van der Waals surface area contributed by atoms with E-state index in [1.165, 1.54) is 32.4 Å². The summed E-state index contributed by atoms with van der Waals surface area (Å²) in [7, 11) is 2.12. The van der Waals surface area contributed by atoms with Gasteiger partial charge in [-0.3, -0.25) is 4.90 Å². The molecule has 0 spiro atoms. The number of likely N-dealkylation sites (tertiary alicyclic amines) is 2. The molecule has 0 saturated carbocycles. The molecule has 0 amide bonds. The Labute approximate surface area is 199 Å². The Bertz CT molecular complexity index is 925. The van der Waals surface area contributed by atoms with Crippen molar-refractivity contribution in [1.82, 2.24) is 24.6 Å². The summed E-state index contributed by atoms with van der Waals surface area (Å²) in [6, 6.07) is 3.89. The Kier molecular flexibility index (Phi) is 7.11. The van der Waals surface area contributed by atoms with Gasteiger partial charge in [-0.25, -0.2) is 0 Å². The molecule has 2 aromatic rings. The minimum Gasteiger partial charge on any atom is -0.454 e. The van der Waals surface area contributed by atoms with Gasteiger partial charge in [0.05, 0.1) is 0 Å². The lowest BCUT2D eigenvalue weighted by Gasteiger charge is -2.31. The molecular formula is C23H32ClN5O2S. The highest BCUT2D eigenvalue weighted by Gasteiger charge is 2.26. The van der Waals surface area contributed by atoms with Crippen molar-refractivity contribution < 1.29 is 9.47 Å². The van der Waals surface area contributed by atoms with Crippen LogP contribution in [0, 0.1) is 0 Å². The van der Waals surface area contributed by atoms with E-state index in [4.69, 9.17) is 21.1 Å². The zero-order valence-electron chi connectivity index (χ0n) is 18.8. The molecule has 174 valence electrons. The lowest BCUT2D eigenvalue weighted by atomic mass is 9.95. The number of piperidine rings is 2. The van der Waals surface area contributed by atoms with Gasteiger partial charge in [0.1, 0.15) is 5.82 Å². The maximum absolute atomic E-state index is 6.48. The summed E-state index contributed by atoms with van der Waals surface area (Å²) in [6.07, 6.45) is 6.26. The number of rotatable bonds is 7. The third-order valence-electron chi connectivity index (χ3n) is 6.84. The van der Waals surface area contributed by atoms with Crippen molar-refractivity contribution in [3.8, 4) is 11.5 Å². The van der Waals surface area contributed by atoms with Gasteiger partial charge in [-0.15, -0.1) is 10.2 Å². The average Bonchev–Trinajstić information content (AvgIpc) is 3.41. The molecule has 2 fully saturated rings. The van der Waals surface area contributed by atoms with Crippen molar-refractivity contribution in [2.24, 2.45) is 7.05 Å². The van der Waals surface area contributed by atoms with Gasteiger partial charge in [0.2, 0.25) is 6.79 Å². The number of hydrogen-bond acceptors (Lipinski definition) is 7. The third kappa shape index (κ3) is 5.03. The molecule has 0 bridgehead atoms. The summed E-state index contributed by atoms with van der Waals surface area (Å²) >= 11 is 8.32. The maximum atomic E-state index is 6.48. The largest absolute Gasteiger partial charge is 0.454 e. The van der Waals surface area contributed by atoms with Crippen LogP contribution >= 0.6 is 23.4 Å². The molecule has 1 aromatic heterocycles. The summed E-state index contributed by atoms with van der Waals surface area (Å²) in [5.41, 5.74) is 1.10. The van der Waals surface area contributed by atoms with Crippen LogP contribution in [0.1, 0.15) is 49.4 Å². The highest BCUT2D eigenvalue weighted by Crippen LogP contribution is 2.38. The molecule has 4 heterocycles. The number of benzene rings is 1. The van der Waals surface area contributed by atoms with Crippen LogP contribution in [0.3, 0.4) is 0 Å². The molecule has 0 unspecified atom stereocenters. The van der Waals surface area contributed by atoms with E-state index in [1.54, 1.807) is 0 Å². The molecule has 0 atom stereocenters. The number of halogens is 1. The number of hydrogen-bond donors (Lipinski definition) is 0. The molecule has 32 heavy (non-hydrogen) atoms. The first kappa shape index (κ1) is 22.3. The summed E-state index contributed by atoms with van der Waals surface area (Å²) in [5.74, 6) is 4.22. The predicted molar refractivity (Wildman–Crippen MR) is 127 cm³/mol. The summed E-state index contributed by atoms with van der Waals surface area (Å²) in [6.45, 7) is 6.81. The van der Waals surface area contributed by atoms with Crippen molar-refractivity contribution >= 4 is 23.4 Å². The van der Waals surface area contributed by atoms with Crippen LogP contribution in [0.15, 0.2) is 17.3 Å². The highest BCUT2D eigenvalue weighted by molar-refractivity contribution is 7.99. The zero-order valence-corrected chi connectivity index (χ0v) is 20.3. The molecule has 9 heteroatoms. The Hall–Kier alpha value is -1.48. The van der Waals surface area contributed by atoms with Crippen LogP contribution in [0.4, 0.5) is 0 Å². The minimum atomic E-state index is 0.275. The van der Waals surface area contributed by atoms with Crippen LogP contribution in [0.25, 0.3) is 0 Å². The van der Waals surface area contributed by atoms with Crippen molar-refractivity contribution in [1.29, 1.82) is 0 Å². The molecule has 0 radical (unpaired) electrons. The minimum absolute atomic E-state index is 0.275. The van der Waals surface area contributed by atoms with Gasteiger partial charge in [-0.2, -0.15) is 0 Å². The van der Waals surface area contributed by atoms with Crippen molar-refractivity contribution in [3.63, 3.8) is 0 Å². The molecule has 3 aliphatic heterocycles. The molecule has 3 aliphatic rings. The normalized spacial score (nSPS) is 20.2. The Balaban J connectivity index is 1.12. The standard InChI is InChI=1S/C23H32ClN5O2S/c1-27-22(25-26-23(27)32-12-11-28-7-3-2-4-8-28)17-5-9-29(10-6-17)15-18-13-20-21(14-19(18)24)31-16-30-20/h13-14,17H,2-12,15-16H2,1H3. The first-order valence-electron chi connectivity index (χ1n) is 11.7. The summed E-state index contributed by atoms with van der Waals surface area (Å²) in [5, 5.41) is 10.9. The molecule has 1 aromatic carbocycles. The lowest BCUT2D eigenvalue weighted by Crippen LogP contribution is -2.33. The van der Waals surface area contributed by atoms with E-state index in [0.29, 0.717) is 5.92 Å². The van der Waals surface area contributed by atoms with Gasteiger partial charge in [-0.05, 0) is 63.5 Å². The lowest BCUT2D eigenvalue weighted by molar-refractivity contribution is 0.173. The second-order valence-corrected chi connectivity index (χ2v) is 10.5. The molecule has 0 aliphatic carbocycles. The Morgan fingerprint density at radius 3 is 2.53 bits per heavy atom. The molecule has 0 N–H and O–H groups in total. The maximum Gasteiger partial charge on any atom is 0.231 e. The average molecular weight is 478 g/mol. The zero-order chi connectivity index (χ0) is 21.9. The van der Waals surface area contributed by atoms with Gasteiger partial charge < -0.3 is 18.9 Å². The van der Waals surface area contributed by atoms with Crippen LogP contribution in [0.5, 0.6) is 11.5 Å². The van der Waals surface area contributed by atoms with E-state index in [0.717, 1.165) is 77.8 Å². The van der Waals surface area contributed by atoms with E-state index >= 15 is 0 Å². The molecule has 5 rings (SSSR count). The van der Waals surface area contributed by atoms with Crippen molar-refractivity contribution in [2.75, 3.05) is 45.3 Å². The molecule has 7 nitrogen and oxygen atoms in total.